The lowest BCUT2D eigenvalue weighted by Crippen LogP contribution is -2.41. The van der Waals surface area contributed by atoms with E-state index in [9.17, 15) is 4.79 Å². The van der Waals surface area contributed by atoms with Crippen LogP contribution < -0.4 is 15.0 Å². The summed E-state index contributed by atoms with van der Waals surface area (Å²) >= 11 is 0. The number of aromatic nitrogens is 3. The zero-order chi connectivity index (χ0) is 22.1. The van der Waals surface area contributed by atoms with Crippen LogP contribution in [-0.4, -0.2) is 40.7 Å². The summed E-state index contributed by atoms with van der Waals surface area (Å²) in [6.45, 7) is 3.70. The summed E-state index contributed by atoms with van der Waals surface area (Å²) in [5.41, 5.74) is 4.84. The van der Waals surface area contributed by atoms with Crippen molar-refractivity contribution < 1.29 is 9.53 Å². The summed E-state index contributed by atoms with van der Waals surface area (Å²) in [7, 11) is 1.66. The minimum atomic E-state index is -0.0276. The Kier molecular flexibility index (Phi) is 5.72. The van der Waals surface area contributed by atoms with Crippen molar-refractivity contribution in [3.8, 4) is 5.75 Å². The molecule has 0 radical (unpaired) electrons. The standard InChI is InChI=1S/C25H31N5O2/c1-17(18-7-9-20(32-2)10-8-18)27-25(31)19-11-14-29(15-12-19)24-23-21-5-3-4-6-22(21)28-30(23)16-13-26-24/h7-10,13,16-17,19H,3-6,11-12,14-15H2,1-2H3,(H,27,31)/t17-/m1/s1. The Bertz CT molecular complexity index is 1100. The quantitative estimate of drug-likeness (QED) is 0.664. The fraction of sp³-hybridized carbons (Fsp3) is 0.480. The summed E-state index contributed by atoms with van der Waals surface area (Å²) in [4.78, 5) is 20.0. The van der Waals surface area contributed by atoms with Crippen LogP contribution in [0, 0.1) is 5.92 Å². The minimum Gasteiger partial charge on any atom is -0.497 e. The molecule has 1 saturated heterocycles. The van der Waals surface area contributed by atoms with Gasteiger partial charge in [0.25, 0.3) is 0 Å². The van der Waals surface area contributed by atoms with Crippen molar-refractivity contribution in [2.45, 2.75) is 51.5 Å². The Morgan fingerprint density at radius 2 is 1.91 bits per heavy atom. The van der Waals surface area contributed by atoms with Gasteiger partial charge in [-0.1, -0.05) is 12.1 Å². The first-order valence-electron chi connectivity index (χ1n) is 11.7. The number of ether oxygens (including phenoxy) is 1. The second kappa shape index (κ2) is 8.81. The van der Waals surface area contributed by atoms with E-state index in [1.807, 2.05) is 48.1 Å². The maximum Gasteiger partial charge on any atom is 0.223 e. The summed E-state index contributed by atoms with van der Waals surface area (Å²) in [5.74, 6) is 2.02. The third-order valence-corrected chi connectivity index (χ3v) is 6.94. The van der Waals surface area contributed by atoms with Crippen LogP contribution in [0.2, 0.25) is 0 Å². The van der Waals surface area contributed by atoms with Crippen LogP contribution in [0.15, 0.2) is 36.7 Å². The number of piperidine rings is 1. The Hall–Kier alpha value is -3.09. The van der Waals surface area contributed by atoms with Crippen molar-refractivity contribution in [2.24, 2.45) is 5.92 Å². The number of nitrogens with zero attached hydrogens (tertiary/aromatic N) is 4. The molecule has 7 nitrogen and oxygen atoms in total. The highest BCUT2D eigenvalue weighted by Gasteiger charge is 2.29. The average molecular weight is 434 g/mol. The molecular weight excluding hydrogens is 402 g/mol. The lowest BCUT2D eigenvalue weighted by Gasteiger charge is -2.33. The minimum absolute atomic E-state index is 0.0276. The van der Waals surface area contributed by atoms with Crippen LogP contribution in [0.1, 0.15) is 55.5 Å². The largest absolute Gasteiger partial charge is 0.497 e. The molecule has 2 aliphatic rings. The van der Waals surface area contributed by atoms with Crippen molar-refractivity contribution in [3.05, 3.63) is 53.5 Å². The second-order valence-electron chi connectivity index (χ2n) is 8.94. The van der Waals surface area contributed by atoms with Crippen LogP contribution >= 0.6 is 0 Å². The molecule has 1 fully saturated rings. The molecular formula is C25H31N5O2. The van der Waals surface area contributed by atoms with Crippen LogP contribution in [0.5, 0.6) is 5.75 Å². The molecule has 3 heterocycles. The number of fused-ring (bicyclic) bond motifs is 3. The monoisotopic (exact) mass is 433 g/mol. The zero-order valence-electron chi connectivity index (χ0n) is 18.9. The summed E-state index contributed by atoms with van der Waals surface area (Å²) in [6.07, 6.45) is 10.0. The molecule has 1 aliphatic heterocycles. The van der Waals surface area contributed by atoms with Gasteiger partial charge in [-0.15, -0.1) is 0 Å². The molecule has 1 amide bonds. The number of benzene rings is 1. The van der Waals surface area contributed by atoms with E-state index in [-0.39, 0.29) is 17.9 Å². The van der Waals surface area contributed by atoms with Gasteiger partial charge in [-0.2, -0.15) is 5.10 Å². The zero-order valence-corrected chi connectivity index (χ0v) is 18.9. The molecule has 168 valence electrons. The Morgan fingerprint density at radius 1 is 1.16 bits per heavy atom. The van der Waals surface area contributed by atoms with Crippen LogP contribution in [0.4, 0.5) is 5.82 Å². The number of amides is 1. The number of hydrogen-bond donors (Lipinski definition) is 1. The number of methoxy groups -OCH3 is 1. The predicted octanol–water partition coefficient (Wildman–Crippen LogP) is 3.71. The van der Waals surface area contributed by atoms with Gasteiger partial charge in [-0.25, -0.2) is 9.50 Å². The molecule has 1 aliphatic carbocycles. The first-order valence-corrected chi connectivity index (χ1v) is 11.7. The van der Waals surface area contributed by atoms with E-state index in [1.54, 1.807) is 7.11 Å². The van der Waals surface area contributed by atoms with E-state index in [2.05, 4.69) is 10.2 Å². The maximum atomic E-state index is 12.9. The summed E-state index contributed by atoms with van der Waals surface area (Å²) < 4.78 is 7.23. The highest BCUT2D eigenvalue weighted by atomic mass is 16.5. The molecule has 2 aromatic heterocycles. The molecule has 7 heteroatoms. The Labute approximate surface area is 188 Å². The lowest BCUT2D eigenvalue weighted by molar-refractivity contribution is -0.126. The number of carbonyl (C=O) groups is 1. The topological polar surface area (TPSA) is 71.8 Å². The maximum absolute atomic E-state index is 12.9. The third kappa shape index (κ3) is 3.92. The molecule has 1 aromatic carbocycles. The van der Waals surface area contributed by atoms with Gasteiger partial charge in [0.05, 0.1) is 18.8 Å². The molecule has 1 N–H and O–H groups in total. The SMILES string of the molecule is COc1ccc([C@@H](C)NC(=O)C2CCN(c3nccn4nc5c(c34)CCCC5)CC2)cc1. The first kappa shape index (κ1) is 20.8. The molecule has 3 aromatic rings. The van der Waals surface area contributed by atoms with Gasteiger partial charge >= 0.3 is 0 Å². The van der Waals surface area contributed by atoms with E-state index in [0.29, 0.717) is 0 Å². The van der Waals surface area contributed by atoms with Crippen LogP contribution in [0.25, 0.3) is 5.52 Å². The van der Waals surface area contributed by atoms with Gasteiger partial charge in [-0.05, 0) is 63.1 Å². The van der Waals surface area contributed by atoms with E-state index >= 15 is 0 Å². The molecule has 0 saturated carbocycles. The smallest absolute Gasteiger partial charge is 0.223 e. The number of aryl methyl sites for hydroxylation is 2. The Balaban J connectivity index is 1.24. The van der Waals surface area contributed by atoms with Crippen molar-refractivity contribution in [3.63, 3.8) is 0 Å². The van der Waals surface area contributed by atoms with Gasteiger partial charge in [0.1, 0.15) is 11.3 Å². The van der Waals surface area contributed by atoms with Crippen molar-refractivity contribution >= 4 is 17.2 Å². The predicted molar refractivity (Wildman–Crippen MR) is 124 cm³/mol. The van der Waals surface area contributed by atoms with Gasteiger partial charge < -0.3 is 15.0 Å². The van der Waals surface area contributed by atoms with E-state index in [1.165, 1.54) is 29.6 Å². The number of anilines is 1. The van der Waals surface area contributed by atoms with E-state index in [0.717, 1.165) is 55.9 Å². The summed E-state index contributed by atoms with van der Waals surface area (Å²) in [5, 5.41) is 8.00. The van der Waals surface area contributed by atoms with Crippen molar-refractivity contribution in [1.82, 2.24) is 19.9 Å². The van der Waals surface area contributed by atoms with Crippen molar-refractivity contribution in [1.29, 1.82) is 0 Å². The van der Waals surface area contributed by atoms with Gasteiger partial charge in [0.2, 0.25) is 5.91 Å². The highest BCUT2D eigenvalue weighted by Crippen LogP contribution is 2.32. The summed E-state index contributed by atoms with van der Waals surface area (Å²) in [6, 6.07) is 7.84. The van der Waals surface area contributed by atoms with E-state index in [4.69, 9.17) is 14.8 Å². The molecule has 32 heavy (non-hydrogen) atoms. The molecule has 0 spiro atoms. The molecule has 0 unspecified atom stereocenters. The molecule has 5 rings (SSSR count). The number of rotatable bonds is 5. The fourth-order valence-electron chi connectivity index (χ4n) is 5.04. The number of hydrogen-bond acceptors (Lipinski definition) is 5. The Morgan fingerprint density at radius 3 is 2.66 bits per heavy atom. The average Bonchev–Trinajstić information content (AvgIpc) is 3.23. The third-order valence-electron chi connectivity index (χ3n) is 6.94. The lowest BCUT2D eigenvalue weighted by atomic mass is 9.94. The number of carbonyl (C=O) groups excluding carboxylic acids is 1. The molecule has 1 atom stereocenters. The van der Waals surface area contributed by atoms with Crippen LogP contribution in [-0.2, 0) is 17.6 Å². The second-order valence-corrected chi connectivity index (χ2v) is 8.94. The fourth-order valence-corrected chi connectivity index (χ4v) is 5.04. The van der Waals surface area contributed by atoms with Crippen LogP contribution in [0.3, 0.4) is 0 Å². The van der Waals surface area contributed by atoms with Gasteiger partial charge in [0.15, 0.2) is 5.82 Å². The normalized spacial score (nSPS) is 17.8. The van der Waals surface area contributed by atoms with Gasteiger partial charge in [-0.3, -0.25) is 4.79 Å². The highest BCUT2D eigenvalue weighted by molar-refractivity contribution is 5.80. The molecule has 0 bridgehead atoms. The van der Waals surface area contributed by atoms with Gasteiger partial charge in [0, 0.05) is 37.0 Å². The van der Waals surface area contributed by atoms with E-state index < -0.39 is 0 Å². The van der Waals surface area contributed by atoms with Crippen molar-refractivity contribution in [2.75, 3.05) is 25.1 Å². The first-order chi connectivity index (χ1) is 15.6. The number of nitrogens with one attached hydrogen (secondary N) is 1.